The first-order chi connectivity index (χ1) is 11.7. The van der Waals surface area contributed by atoms with E-state index in [1.54, 1.807) is 14.2 Å². The number of anilines is 1. The minimum Gasteiger partial charge on any atom is -0.493 e. The maximum Gasteiger partial charge on any atom is 0.258 e. The molecule has 24 heavy (non-hydrogen) atoms. The second-order valence-corrected chi connectivity index (χ2v) is 6.15. The van der Waals surface area contributed by atoms with E-state index in [-0.39, 0.29) is 12.1 Å². The van der Waals surface area contributed by atoms with Crippen LogP contribution in [0.4, 0.5) is 5.69 Å². The average Bonchev–Trinajstić information content (AvgIpc) is 3.46. The van der Waals surface area contributed by atoms with Gasteiger partial charge in [-0.15, -0.1) is 0 Å². The molecule has 1 aliphatic carbocycles. The summed E-state index contributed by atoms with van der Waals surface area (Å²) in [5, 5.41) is 3.51. The highest BCUT2D eigenvalue weighted by Crippen LogP contribution is 2.42. The SMILES string of the molecule is COc1ccc([C@@H]2Nc3ccccc3C(=O)N2C2CC2)cc1OC. The van der Waals surface area contributed by atoms with Gasteiger partial charge in [0.05, 0.1) is 19.8 Å². The summed E-state index contributed by atoms with van der Waals surface area (Å²) in [6.07, 6.45) is 1.92. The number of nitrogens with zero attached hydrogens (tertiary/aromatic N) is 1. The quantitative estimate of drug-likeness (QED) is 0.936. The van der Waals surface area contributed by atoms with E-state index in [9.17, 15) is 4.79 Å². The number of nitrogens with one attached hydrogen (secondary N) is 1. The van der Waals surface area contributed by atoms with Crippen molar-refractivity contribution in [2.24, 2.45) is 0 Å². The van der Waals surface area contributed by atoms with E-state index in [1.165, 1.54) is 0 Å². The molecule has 0 aromatic heterocycles. The molecule has 0 spiro atoms. The van der Waals surface area contributed by atoms with Crippen molar-refractivity contribution >= 4 is 11.6 Å². The first-order valence-electron chi connectivity index (χ1n) is 8.13. The first kappa shape index (κ1) is 14.9. The molecule has 4 rings (SSSR count). The van der Waals surface area contributed by atoms with Gasteiger partial charge in [0.1, 0.15) is 6.17 Å². The van der Waals surface area contributed by atoms with Gasteiger partial charge < -0.3 is 19.7 Å². The number of carbonyl (C=O) groups excluding carboxylic acids is 1. The van der Waals surface area contributed by atoms with E-state index < -0.39 is 0 Å². The number of benzene rings is 2. The van der Waals surface area contributed by atoms with Crippen LogP contribution in [0.3, 0.4) is 0 Å². The lowest BCUT2D eigenvalue weighted by atomic mass is 10.0. The molecule has 0 bridgehead atoms. The number of hydrogen-bond donors (Lipinski definition) is 1. The summed E-state index contributed by atoms with van der Waals surface area (Å²) in [7, 11) is 3.24. The number of amides is 1. The second-order valence-electron chi connectivity index (χ2n) is 6.15. The molecule has 5 heteroatoms. The van der Waals surface area contributed by atoms with E-state index >= 15 is 0 Å². The Hall–Kier alpha value is -2.69. The third-order valence-corrected chi connectivity index (χ3v) is 4.63. The van der Waals surface area contributed by atoms with Crippen molar-refractivity contribution in [2.45, 2.75) is 25.0 Å². The zero-order valence-electron chi connectivity index (χ0n) is 13.8. The molecule has 1 aliphatic heterocycles. The van der Waals surface area contributed by atoms with Crippen LogP contribution in [0.25, 0.3) is 0 Å². The average molecular weight is 324 g/mol. The number of hydrogen-bond acceptors (Lipinski definition) is 4. The van der Waals surface area contributed by atoms with Gasteiger partial charge in [-0.05, 0) is 42.7 Å². The Labute approximate surface area is 141 Å². The minimum absolute atomic E-state index is 0.0895. The monoisotopic (exact) mass is 324 g/mol. The summed E-state index contributed by atoms with van der Waals surface area (Å²) in [4.78, 5) is 15.0. The fourth-order valence-corrected chi connectivity index (χ4v) is 3.26. The minimum atomic E-state index is -0.195. The Morgan fingerprint density at radius 2 is 1.79 bits per heavy atom. The number of methoxy groups -OCH3 is 2. The molecular formula is C19H20N2O3. The molecule has 5 nitrogen and oxygen atoms in total. The number of carbonyl (C=O) groups is 1. The Kier molecular flexibility index (Phi) is 3.56. The summed E-state index contributed by atoms with van der Waals surface area (Å²) < 4.78 is 10.7. The summed E-state index contributed by atoms with van der Waals surface area (Å²) in [6.45, 7) is 0. The Morgan fingerprint density at radius 1 is 1.04 bits per heavy atom. The lowest BCUT2D eigenvalue weighted by Gasteiger charge is -2.38. The number of fused-ring (bicyclic) bond motifs is 1. The normalized spacial score (nSPS) is 19.5. The Morgan fingerprint density at radius 3 is 2.50 bits per heavy atom. The molecule has 1 fully saturated rings. The first-order valence-corrected chi connectivity index (χ1v) is 8.13. The van der Waals surface area contributed by atoms with Crippen LogP contribution in [-0.2, 0) is 0 Å². The largest absolute Gasteiger partial charge is 0.493 e. The van der Waals surface area contributed by atoms with Gasteiger partial charge in [-0.2, -0.15) is 0 Å². The smallest absolute Gasteiger partial charge is 0.258 e. The van der Waals surface area contributed by atoms with Gasteiger partial charge in [0, 0.05) is 11.7 Å². The van der Waals surface area contributed by atoms with Gasteiger partial charge in [-0.25, -0.2) is 0 Å². The predicted octanol–water partition coefficient (Wildman–Crippen LogP) is 3.43. The summed E-state index contributed by atoms with van der Waals surface area (Å²) in [5.41, 5.74) is 2.60. The van der Waals surface area contributed by atoms with Crippen molar-refractivity contribution in [1.29, 1.82) is 0 Å². The van der Waals surface area contributed by atoms with Gasteiger partial charge in [0.15, 0.2) is 11.5 Å². The molecule has 2 aliphatic rings. The van der Waals surface area contributed by atoms with Gasteiger partial charge in [0.25, 0.3) is 5.91 Å². The van der Waals surface area contributed by atoms with Crippen LogP contribution in [0.2, 0.25) is 0 Å². The molecule has 1 N–H and O–H groups in total. The fourth-order valence-electron chi connectivity index (χ4n) is 3.26. The predicted molar refractivity (Wildman–Crippen MR) is 91.5 cm³/mol. The highest BCUT2D eigenvalue weighted by molar-refractivity contribution is 6.02. The van der Waals surface area contributed by atoms with Crippen LogP contribution < -0.4 is 14.8 Å². The van der Waals surface area contributed by atoms with Gasteiger partial charge in [-0.1, -0.05) is 18.2 Å². The second kappa shape index (κ2) is 5.74. The zero-order chi connectivity index (χ0) is 16.7. The van der Waals surface area contributed by atoms with E-state index in [1.807, 2.05) is 47.4 Å². The highest BCUT2D eigenvalue weighted by atomic mass is 16.5. The molecule has 124 valence electrons. The van der Waals surface area contributed by atoms with Crippen molar-refractivity contribution in [3.05, 3.63) is 53.6 Å². The van der Waals surface area contributed by atoms with Gasteiger partial charge in [-0.3, -0.25) is 4.79 Å². The van der Waals surface area contributed by atoms with Gasteiger partial charge >= 0.3 is 0 Å². The molecule has 1 saturated carbocycles. The maximum absolute atomic E-state index is 13.0. The van der Waals surface area contributed by atoms with Crippen LogP contribution in [0.15, 0.2) is 42.5 Å². The highest BCUT2D eigenvalue weighted by Gasteiger charge is 2.42. The van der Waals surface area contributed by atoms with E-state index in [4.69, 9.17) is 9.47 Å². The number of ether oxygens (including phenoxy) is 2. The summed E-state index contributed by atoms with van der Waals surface area (Å²) in [5.74, 6) is 1.44. The molecule has 0 saturated heterocycles. The van der Waals surface area contributed by atoms with Crippen molar-refractivity contribution in [2.75, 3.05) is 19.5 Å². The fraction of sp³-hybridized carbons (Fsp3) is 0.316. The van der Waals surface area contributed by atoms with Crippen LogP contribution in [-0.4, -0.2) is 31.1 Å². The summed E-state index contributed by atoms with van der Waals surface area (Å²) >= 11 is 0. The van der Waals surface area contributed by atoms with E-state index in [0.29, 0.717) is 17.5 Å². The van der Waals surface area contributed by atoms with E-state index in [2.05, 4.69) is 5.32 Å². The van der Waals surface area contributed by atoms with Crippen LogP contribution in [0.1, 0.15) is 34.9 Å². The Bertz CT molecular complexity index is 786. The molecule has 1 heterocycles. The molecule has 1 atom stereocenters. The van der Waals surface area contributed by atoms with Crippen molar-refractivity contribution in [3.63, 3.8) is 0 Å². The lowest BCUT2D eigenvalue weighted by molar-refractivity contribution is 0.0666. The van der Waals surface area contributed by atoms with Crippen molar-refractivity contribution < 1.29 is 14.3 Å². The summed E-state index contributed by atoms with van der Waals surface area (Å²) in [6, 6.07) is 13.8. The molecule has 0 radical (unpaired) electrons. The van der Waals surface area contributed by atoms with Crippen LogP contribution in [0, 0.1) is 0 Å². The molecular weight excluding hydrogens is 304 g/mol. The number of rotatable bonds is 4. The lowest BCUT2D eigenvalue weighted by Crippen LogP contribution is -2.44. The molecule has 2 aromatic carbocycles. The molecule has 0 unspecified atom stereocenters. The van der Waals surface area contributed by atoms with E-state index in [0.717, 1.165) is 29.7 Å². The zero-order valence-corrected chi connectivity index (χ0v) is 13.8. The number of para-hydroxylation sites is 1. The molecule has 2 aromatic rings. The third-order valence-electron chi connectivity index (χ3n) is 4.63. The van der Waals surface area contributed by atoms with Crippen LogP contribution in [0.5, 0.6) is 11.5 Å². The van der Waals surface area contributed by atoms with Crippen LogP contribution >= 0.6 is 0 Å². The van der Waals surface area contributed by atoms with Crippen molar-refractivity contribution in [3.8, 4) is 11.5 Å². The topological polar surface area (TPSA) is 50.8 Å². The maximum atomic E-state index is 13.0. The van der Waals surface area contributed by atoms with Gasteiger partial charge in [0.2, 0.25) is 0 Å². The van der Waals surface area contributed by atoms with Crippen molar-refractivity contribution in [1.82, 2.24) is 4.90 Å². The standard InChI is InChI=1S/C19H20N2O3/c1-23-16-10-7-12(11-17(16)24-2)18-20-15-6-4-3-5-14(15)19(22)21(18)13-8-9-13/h3-7,10-11,13,18,20H,8-9H2,1-2H3/t18-/m1/s1. The molecule has 1 amide bonds. The third kappa shape index (κ3) is 2.37. The Balaban J connectivity index is 1.77.